The van der Waals surface area contributed by atoms with Crippen molar-refractivity contribution >= 4 is 29.1 Å². The van der Waals surface area contributed by atoms with Gasteiger partial charge in [-0.2, -0.15) is 0 Å². The average Bonchev–Trinajstić information content (AvgIpc) is 3.09. The Morgan fingerprint density at radius 3 is 2.59 bits per heavy atom. The lowest BCUT2D eigenvalue weighted by atomic mass is 10.2. The number of hydrogen-bond acceptors (Lipinski definition) is 1. The minimum absolute atomic E-state index is 0.00940. The first kappa shape index (κ1) is 19.5. The van der Waals surface area contributed by atoms with Crippen molar-refractivity contribution in [2.75, 3.05) is 6.54 Å². The van der Waals surface area contributed by atoms with Crippen LogP contribution < -0.4 is 0 Å². The van der Waals surface area contributed by atoms with Gasteiger partial charge >= 0.3 is 0 Å². The summed E-state index contributed by atoms with van der Waals surface area (Å²) in [7, 11) is 0. The number of carbonyl (C=O) groups is 1. The lowest BCUT2D eigenvalue weighted by Gasteiger charge is -2.23. The van der Waals surface area contributed by atoms with Crippen LogP contribution in [0, 0.1) is 0 Å². The molecule has 0 atom stereocenters. The fraction of sp³-hybridized carbons (Fsp3) is 0.227. The number of aromatic nitrogens is 1. The van der Waals surface area contributed by atoms with Crippen molar-refractivity contribution < 1.29 is 4.79 Å². The number of carbonyl (C=O) groups excluding carboxylic acids is 1. The van der Waals surface area contributed by atoms with Gasteiger partial charge in [0.2, 0.25) is 0 Å². The van der Waals surface area contributed by atoms with E-state index in [0.29, 0.717) is 30.2 Å². The summed E-state index contributed by atoms with van der Waals surface area (Å²) >= 11 is 12.4. The van der Waals surface area contributed by atoms with Crippen molar-refractivity contribution in [3.63, 3.8) is 0 Å². The van der Waals surface area contributed by atoms with E-state index in [4.69, 9.17) is 23.2 Å². The quantitative estimate of drug-likeness (QED) is 0.484. The summed E-state index contributed by atoms with van der Waals surface area (Å²) in [5, 5.41) is 1.32. The third kappa shape index (κ3) is 4.94. The van der Waals surface area contributed by atoms with E-state index in [9.17, 15) is 4.79 Å². The molecular weight excluding hydrogens is 379 g/mol. The summed E-state index contributed by atoms with van der Waals surface area (Å²) < 4.78 is 2.13. The second-order valence-corrected chi connectivity index (χ2v) is 7.30. The highest BCUT2D eigenvalue weighted by atomic mass is 35.5. The van der Waals surface area contributed by atoms with Crippen LogP contribution in [0.4, 0.5) is 0 Å². The Kier molecular flexibility index (Phi) is 6.59. The largest absolute Gasteiger partial charge is 0.345 e. The molecule has 5 heteroatoms. The maximum absolute atomic E-state index is 13.0. The smallest absolute Gasteiger partial charge is 0.254 e. The summed E-state index contributed by atoms with van der Waals surface area (Å²) in [6, 6.07) is 19.0. The number of benzene rings is 2. The Bertz CT molecular complexity index is 920. The second-order valence-electron chi connectivity index (χ2n) is 6.46. The molecule has 0 saturated carbocycles. The van der Waals surface area contributed by atoms with E-state index in [1.807, 2.05) is 47.5 Å². The lowest BCUT2D eigenvalue weighted by Crippen LogP contribution is -2.32. The summed E-state index contributed by atoms with van der Waals surface area (Å²) in [4.78, 5) is 14.8. The van der Waals surface area contributed by atoms with Crippen LogP contribution in [0.1, 0.15) is 35.0 Å². The first-order valence-corrected chi connectivity index (χ1v) is 9.76. The molecule has 0 spiro atoms. The maximum atomic E-state index is 13.0. The molecule has 0 radical (unpaired) electrons. The molecule has 0 aliphatic rings. The predicted molar refractivity (Wildman–Crippen MR) is 111 cm³/mol. The molecular formula is C22H22Cl2N2O. The minimum Gasteiger partial charge on any atom is -0.345 e. The van der Waals surface area contributed by atoms with Gasteiger partial charge in [0, 0.05) is 40.6 Å². The summed E-state index contributed by atoms with van der Waals surface area (Å²) in [6.45, 7) is 3.97. The Balaban J connectivity index is 1.81. The third-order valence-electron chi connectivity index (χ3n) is 4.43. The first-order chi connectivity index (χ1) is 13.1. The molecule has 2 aromatic carbocycles. The molecule has 0 N–H and O–H groups in total. The highest BCUT2D eigenvalue weighted by Gasteiger charge is 2.17. The number of halogens is 2. The molecule has 140 valence electrons. The zero-order valence-corrected chi connectivity index (χ0v) is 16.7. The monoisotopic (exact) mass is 400 g/mol. The van der Waals surface area contributed by atoms with E-state index in [-0.39, 0.29) is 5.91 Å². The first-order valence-electron chi connectivity index (χ1n) is 9.00. The minimum atomic E-state index is -0.00940. The molecule has 0 unspecified atom stereocenters. The number of rotatable bonds is 7. The van der Waals surface area contributed by atoms with E-state index >= 15 is 0 Å². The summed E-state index contributed by atoms with van der Waals surface area (Å²) in [5.74, 6) is -0.00940. The highest BCUT2D eigenvalue weighted by molar-refractivity contribution is 6.31. The maximum Gasteiger partial charge on any atom is 0.254 e. The lowest BCUT2D eigenvalue weighted by molar-refractivity contribution is 0.0739. The Labute approximate surface area is 170 Å². The van der Waals surface area contributed by atoms with Gasteiger partial charge in [0.05, 0.1) is 6.54 Å². The fourth-order valence-corrected chi connectivity index (χ4v) is 3.47. The van der Waals surface area contributed by atoms with E-state index in [1.54, 1.807) is 24.3 Å². The Hall–Kier alpha value is -2.23. The molecule has 0 bridgehead atoms. The van der Waals surface area contributed by atoms with Gasteiger partial charge < -0.3 is 9.47 Å². The van der Waals surface area contributed by atoms with Gasteiger partial charge in [-0.25, -0.2) is 0 Å². The van der Waals surface area contributed by atoms with Crippen LogP contribution >= 0.6 is 23.2 Å². The molecule has 1 amide bonds. The van der Waals surface area contributed by atoms with E-state index in [0.717, 1.165) is 22.7 Å². The van der Waals surface area contributed by atoms with Crippen LogP contribution in [0.25, 0.3) is 0 Å². The molecule has 3 aromatic rings. The van der Waals surface area contributed by atoms with Crippen LogP contribution in [0.5, 0.6) is 0 Å². The standard InChI is InChI=1S/C22H22Cl2N2O/c1-2-12-26(22(27)17-8-5-9-19(23)14-17)16-20-10-6-13-25(20)15-18-7-3-4-11-21(18)24/h3-11,13-14H,2,12,15-16H2,1H3. The molecule has 3 rings (SSSR count). The van der Waals surface area contributed by atoms with Crippen molar-refractivity contribution in [3.05, 3.63) is 93.7 Å². The van der Waals surface area contributed by atoms with Gasteiger partial charge in [-0.05, 0) is 48.4 Å². The van der Waals surface area contributed by atoms with Crippen molar-refractivity contribution in [2.24, 2.45) is 0 Å². The predicted octanol–water partition coefficient (Wildman–Crippen LogP) is 5.90. The number of hydrogen-bond donors (Lipinski definition) is 0. The topological polar surface area (TPSA) is 25.2 Å². The second kappa shape index (κ2) is 9.12. The van der Waals surface area contributed by atoms with E-state index in [1.165, 1.54) is 0 Å². The van der Waals surface area contributed by atoms with Gasteiger partial charge in [0.1, 0.15) is 0 Å². The number of amides is 1. The molecule has 3 nitrogen and oxygen atoms in total. The summed E-state index contributed by atoms with van der Waals surface area (Å²) in [6.07, 6.45) is 2.91. The molecule has 0 aliphatic carbocycles. The molecule has 1 aromatic heterocycles. The molecule has 1 heterocycles. The zero-order valence-electron chi connectivity index (χ0n) is 15.2. The number of nitrogens with zero attached hydrogens (tertiary/aromatic N) is 2. The van der Waals surface area contributed by atoms with E-state index < -0.39 is 0 Å². The molecule has 0 saturated heterocycles. The van der Waals surface area contributed by atoms with Crippen molar-refractivity contribution in [3.8, 4) is 0 Å². The van der Waals surface area contributed by atoms with Gasteiger partial charge in [-0.3, -0.25) is 4.79 Å². The average molecular weight is 401 g/mol. The SMILES string of the molecule is CCCN(Cc1cccn1Cc1ccccc1Cl)C(=O)c1cccc(Cl)c1. The van der Waals surface area contributed by atoms with Crippen LogP contribution in [0.2, 0.25) is 10.0 Å². The van der Waals surface area contributed by atoms with Gasteiger partial charge in [-0.1, -0.05) is 54.4 Å². The third-order valence-corrected chi connectivity index (χ3v) is 5.03. The van der Waals surface area contributed by atoms with Crippen LogP contribution in [0.15, 0.2) is 66.9 Å². The normalized spacial score (nSPS) is 10.8. The zero-order chi connectivity index (χ0) is 19.2. The van der Waals surface area contributed by atoms with Gasteiger partial charge in [0.25, 0.3) is 5.91 Å². The molecule has 27 heavy (non-hydrogen) atoms. The van der Waals surface area contributed by atoms with E-state index in [2.05, 4.69) is 11.5 Å². The van der Waals surface area contributed by atoms with Crippen molar-refractivity contribution in [1.82, 2.24) is 9.47 Å². The Morgan fingerprint density at radius 2 is 1.85 bits per heavy atom. The van der Waals surface area contributed by atoms with Crippen molar-refractivity contribution in [2.45, 2.75) is 26.4 Å². The van der Waals surface area contributed by atoms with Gasteiger partial charge in [0.15, 0.2) is 0 Å². The van der Waals surface area contributed by atoms with Crippen LogP contribution in [0.3, 0.4) is 0 Å². The Morgan fingerprint density at radius 1 is 1.04 bits per heavy atom. The highest BCUT2D eigenvalue weighted by Crippen LogP contribution is 2.19. The molecule has 0 aliphatic heterocycles. The van der Waals surface area contributed by atoms with Crippen LogP contribution in [-0.2, 0) is 13.1 Å². The fourth-order valence-electron chi connectivity index (χ4n) is 3.08. The van der Waals surface area contributed by atoms with Crippen molar-refractivity contribution in [1.29, 1.82) is 0 Å². The summed E-state index contributed by atoms with van der Waals surface area (Å²) in [5.41, 5.74) is 2.73. The van der Waals surface area contributed by atoms with Gasteiger partial charge in [-0.15, -0.1) is 0 Å². The van der Waals surface area contributed by atoms with Crippen LogP contribution in [-0.4, -0.2) is 21.9 Å². The molecule has 0 fully saturated rings.